The van der Waals surface area contributed by atoms with Crippen LogP contribution in [0.2, 0.25) is 0 Å². The van der Waals surface area contributed by atoms with Gasteiger partial charge < -0.3 is 14.6 Å². The van der Waals surface area contributed by atoms with Gasteiger partial charge in [-0.05, 0) is 18.6 Å². The number of hydrogen-bond donors (Lipinski definition) is 1. The number of carbonyl (C=O) groups is 1. The zero-order valence-electron chi connectivity index (χ0n) is 9.94. The molecule has 0 aromatic carbocycles. The van der Waals surface area contributed by atoms with Crippen molar-refractivity contribution in [2.45, 2.75) is 19.8 Å². The van der Waals surface area contributed by atoms with Crippen LogP contribution in [0.1, 0.15) is 24.6 Å². The number of alkyl halides is 2. The fourth-order valence-electron chi connectivity index (χ4n) is 1.39. The van der Waals surface area contributed by atoms with Crippen molar-refractivity contribution >= 4 is 5.97 Å². The first-order valence-corrected chi connectivity index (χ1v) is 5.20. The first-order valence-electron chi connectivity index (χ1n) is 5.20. The zero-order valence-corrected chi connectivity index (χ0v) is 9.94. The highest BCUT2D eigenvalue weighted by atomic mass is 19.3. The highest BCUT2D eigenvalue weighted by Gasteiger charge is 2.21. The summed E-state index contributed by atoms with van der Waals surface area (Å²) in [5, 5.41) is 9.46. The molecule has 0 aliphatic rings. The molecule has 0 unspecified atom stereocenters. The van der Waals surface area contributed by atoms with Crippen LogP contribution in [0.5, 0.6) is 11.6 Å². The van der Waals surface area contributed by atoms with Gasteiger partial charge in [0.05, 0.1) is 20.1 Å². The lowest BCUT2D eigenvalue weighted by molar-refractivity contribution is -0.142. The molecule has 0 amide bonds. The van der Waals surface area contributed by atoms with Gasteiger partial charge in [0.15, 0.2) is 5.75 Å². The molecule has 18 heavy (non-hydrogen) atoms. The topological polar surface area (TPSA) is 68.7 Å². The third kappa shape index (κ3) is 3.28. The van der Waals surface area contributed by atoms with E-state index in [1.165, 1.54) is 7.11 Å². The van der Waals surface area contributed by atoms with Crippen molar-refractivity contribution in [3.8, 4) is 11.6 Å². The number of methoxy groups -OCH3 is 1. The molecule has 7 heteroatoms. The van der Waals surface area contributed by atoms with Crippen molar-refractivity contribution in [1.82, 2.24) is 4.98 Å². The Balaban J connectivity index is 3.09. The number of pyridine rings is 1. The van der Waals surface area contributed by atoms with Crippen LogP contribution in [-0.4, -0.2) is 29.8 Å². The van der Waals surface area contributed by atoms with E-state index < -0.39 is 23.8 Å². The quantitative estimate of drug-likeness (QED) is 0.819. The van der Waals surface area contributed by atoms with E-state index >= 15 is 0 Å². The summed E-state index contributed by atoms with van der Waals surface area (Å²) in [6, 6.07) is 1.03. The fourth-order valence-corrected chi connectivity index (χ4v) is 1.39. The third-order valence-corrected chi connectivity index (χ3v) is 2.12. The highest BCUT2D eigenvalue weighted by Crippen LogP contribution is 2.31. The molecule has 1 aromatic rings. The molecule has 0 bridgehead atoms. The van der Waals surface area contributed by atoms with Gasteiger partial charge in [-0.15, -0.1) is 0 Å². The molecule has 0 saturated heterocycles. The number of rotatable bonds is 5. The molecular weight excluding hydrogens is 248 g/mol. The fraction of sp³-hybridized carbons (Fsp3) is 0.455. The molecule has 100 valence electrons. The molecule has 5 nitrogen and oxygen atoms in total. The largest absolute Gasteiger partial charge is 0.503 e. The molecule has 0 radical (unpaired) electrons. The summed E-state index contributed by atoms with van der Waals surface area (Å²) in [5.74, 6) is -1.37. The van der Waals surface area contributed by atoms with Crippen LogP contribution in [0.4, 0.5) is 8.78 Å². The molecule has 0 saturated carbocycles. The third-order valence-electron chi connectivity index (χ3n) is 2.12. The summed E-state index contributed by atoms with van der Waals surface area (Å²) in [6.07, 6.45) is -3.25. The van der Waals surface area contributed by atoms with Crippen LogP contribution in [0, 0.1) is 0 Å². The van der Waals surface area contributed by atoms with Gasteiger partial charge >= 0.3 is 5.97 Å². The Morgan fingerprint density at radius 2 is 2.22 bits per heavy atom. The summed E-state index contributed by atoms with van der Waals surface area (Å²) >= 11 is 0. The van der Waals surface area contributed by atoms with E-state index in [1.54, 1.807) is 6.92 Å². The Bertz CT molecular complexity index is 437. The maximum absolute atomic E-state index is 12.8. The summed E-state index contributed by atoms with van der Waals surface area (Å²) in [7, 11) is 1.20. The normalized spacial score (nSPS) is 10.5. The van der Waals surface area contributed by atoms with Crippen LogP contribution in [0.15, 0.2) is 6.07 Å². The standard InChI is InChI=1S/C11H13F2NO4/c1-3-18-8(16)5-6-4-7(15)11(17-2)14-9(6)10(12)13/h4,10,15H,3,5H2,1-2H3. The van der Waals surface area contributed by atoms with Crippen LogP contribution in [0.25, 0.3) is 0 Å². The number of ether oxygens (including phenoxy) is 2. The van der Waals surface area contributed by atoms with Gasteiger partial charge in [-0.3, -0.25) is 4.79 Å². The summed E-state index contributed by atoms with van der Waals surface area (Å²) in [6.45, 7) is 1.76. The van der Waals surface area contributed by atoms with Crippen LogP contribution < -0.4 is 4.74 Å². The second kappa shape index (κ2) is 6.13. The average molecular weight is 261 g/mol. The average Bonchev–Trinajstić information content (AvgIpc) is 2.29. The molecule has 0 aliphatic heterocycles. The van der Waals surface area contributed by atoms with Gasteiger partial charge in [-0.25, -0.2) is 13.8 Å². The number of esters is 1. The van der Waals surface area contributed by atoms with Gasteiger partial charge in [-0.1, -0.05) is 0 Å². The number of hydrogen-bond acceptors (Lipinski definition) is 5. The number of nitrogens with zero attached hydrogens (tertiary/aromatic N) is 1. The number of aromatic nitrogens is 1. The molecule has 1 N–H and O–H groups in total. The maximum Gasteiger partial charge on any atom is 0.310 e. The Hall–Kier alpha value is -1.92. The lowest BCUT2D eigenvalue weighted by atomic mass is 10.1. The Kier molecular flexibility index (Phi) is 4.82. The van der Waals surface area contributed by atoms with E-state index in [0.29, 0.717) is 0 Å². The van der Waals surface area contributed by atoms with E-state index in [0.717, 1.165) is 6.07 Å². The summed E-state index contributed by atoms with van der Waals surface area (Å²) < 4.78 is 34.8. The Morgan fingerprint density at radius 3 is 2.72 bits per heavy atom. The minimum atomic E-state index is -2.87. The van der Waals surface area contributed by atoms with Crippen molar-refractivity contribution in [3.63, 3.8) is 0 Å². The SMILES string of the molecule is CCOC(=O)Cc1cc(O)c(OC)nc1C(F)F. The smallest absolute Gasteiger partial charge is 0.310 e. The van der Waals surface area contributed by atoms with E-state index in [1.807, 2.05) is 0 Å². The monoisotopic (exact) mass is 261 g/mol. The second-order valence-electron chi connectivity index (χ2n) is 3.34. The Morgan fingerprint density at radius 1 is 1.56 bits per heavy atom. The number of carbonyl (C=O) groups excluding carboxylic acids is 1. The van der Waals surface area contributed by atoms with E-state index in [9.17, 15) is 18.7 Å². The van der Waals surface area contributed by atoms with E-state index in [-0.39, 0.29) is 24.5 Å². The summed E-state index contributed by atoms with van der Waals surface area (Å²) in [5.41, 5.74) is -0.681. The van der Waals surface area contributed by atoms with Crippen molar-refractivity contribution in [2.75, 3.05) is 13.7 Å². The van der Waals surface area contributed by atoms with Crippen LogP contribution in [0.3, 0.4) is 0 Å². The lowest BCUT2D eigenvalue weighted by Crippen LogP contribution is -2.11. The van der Waals surface area contributed by atoms with E-state index in [2.05, 4.69) is 14.5 Å². The molecular formula is C11H13F2NO4. The zero-order chi connectivity index (χ0) is 13.7. The Labute approximate surface area is 102 Å². The van der Waals surface area contributed by atoms with Crippen LogP contribution in [-0.2, 0) is 16.0 Å². The molecule has 1 aromatic heterocycles. The lowest BCUT2D eigenvalue weighted by Gasteiger charge is -2.10. The van der Waals surface area contributed by atoms with Crippen molar-refractivity contribution in [2.24, 2.45) is 0 Å². The highest BCUT2D eigenvalue weighted by molar-refractivity contribution is 5.73. The van der Waals surface area contributed by atoms with Crippen molar-refractivity contribution in [3.05, 3.63) is 17.3 Å². The van der Waals surface area contributed by atoms with Crippen molar-refractivity contribution in [1.29, 1.82) is 0 Å². The number of aromatic hydroxyl groups is 1. The van der Waals surface area contributed by atoms with Gasteiger partial charge in [0.2, 0.25) is 0 Å². The predicted octanol–water partition coefficient (Wildman–Crippen LogP) is 1.84. The van der Waals surface area contributed by atoms with Crippen molar-refractivity contribution < 1.29 is 28.2 Å². The van der Waals surface area contributed by atoms with Gasteiger partial charge in [-0.2, -0.15) is 0 Å². The van der Waals surface area contributed by atoms with Gasteiger partial charge in [0.25, 0.3) is 12.3 Å². The first-order chi connectivity index (χ1) is 8.49. The first kappa shape index (κ1) is 14.1. The van der Waals surface area contributed by atoms with Gasteiger partial charge in [0, 0.05) is 0 Å². The molecule has 1 heterocycles. The van der Waals surface area contributed by atoms with Crippen LogP contribution >= 0.6 is 0 Å². The van der Waals surface area contributed by atoms with E-state index in [4.69, 9.17) is 0 Å². The molecule has 0 fully saturated rings. The van der Waals surface area contributed by atoms with Gasteiger partial charge in [0.1, 0.15) is 5.69 Å². The predicted molar refractivity (Wildman–Crippen MR) is 57.7 cm³/mol. The summed E-state index contributed by atoms with van der Waals surface area (Å²) in [4.78, 5) is 14.7. The maximum atomic E-state index is 12.8. The molecule has 0 spiro atoms. The minimum absolute atomic E-state index is 0.0817. The molecule has 0 aliphatic carbocycles. The number of halogens is 2. The molecule has 0 atom stereocenters. The second-order valence-corrected chi connectivity index (χ2v) is 3.34. The molecule has 1 rings (SSSR count). The minimum Gasteiger partial charge on any atom is -0.503 e.